The van der Waals surface area contributed by atoms with E-state index in [-0.39, 0.29) is 16.7 Å². The summed E-state index contributed by atoms with van der Waals surface area (Å²) >= 11 is 5.93. The quantitative estimate of drug-likeness (QED) is 0.833. The Morgan fingerprint density at radius 2 is 2.04 bits per heavy atom. The number of aromatic carboxylic acids is 1. The van der Waals surface area contributed by atoms with Gasteiger partial charge in [0.05, 0.1) is 11.9 Å². The maximum absolute atomic E-state index is 11.8. The first-order chi connectivity index (χ1) is 10.7. The number of carboxylic acids is 1. The van der Waals surface area contributed by atoms with Crippen molar-refractivity contribution in [2.75, 3.05) is 5.32 Å². The van der Waals surface area contributed by atoms with Crippen molar-refractivity contribution in [3.05, 3.63) is 35.5 Å². The summed E-state index contributed by atoms with van der Waals surface area (Å²) in [6, 6.07) is 2.89. The number of ether oxygens (including phenoxy) is 1. The second-order valence-corrected chi connectivity index (χ2v) is 6.00. The Morgan fingerprint density at radius 3 is 2.65 bits per heavy atom. The van der Waals surface area contributed by atoms with Crippen molar-refractivity contribution in [2.45, 2.75) is 26.4 Å². The fourth-order valence-electron chi connectivity index (χ4n) is 1.74. The normalized spacial score (nSPS) is 11.1. The standard InChI is InChI=1S/C14H15ClN4O4/c1-14(2,3)23-13(22)17-8-4-10(15)18-11(5-8)19-7-16-6-9(19)12(20)21/h4-7H,1-3H3,(H,20,21)(H,17,18,22). The molecule has 2 aromatic rings. The van der Waals surface area contributed by atoms with Crippen LogP contribution in [0.1, 0.15) is 31.3 Å². The SMILES string of the molecule is CC(C)(C)OC(=O)Nc1cc(Cl)nc(-n2cncc2C(=O)O)c1. The highest BCUT2D eigenvalue weighted by atomic mass is 35.5. The maximum Gasteiger partial charge on any atom is 0.412 e. The van der Waals surface area contributed by atoms with E-state index < -0.39 is 17.7 Å². The van der Waals surface area contributed by atoms with Crippen molar-refractivity contribution in [3.8, 4) is 5.82 Å². The van der Waals surface area contributed by atoms with E-state index in [1.54, 1.807) is 20.8 Å². The predicted octanol–water partition coefficient (Wildman–Crippen LogP) is 2.97. The third-order valence-corrected chi connectivity index (χ3v) is 2.72. The minimum Gasteiger partial charge on any atom is -0.477 e. The number of hydrogen-bond acceptors (Lipinski definition) is 5. The number of nitrogens with one attached hydrogen (secondary N) is 1. The number of carbonyl (C=O) groups excluding carboxylic acids is 1. The molecule has 2 N–H and O–H groups in total. The summed E-state index contributed by atoms with van der Waals surface area (Å²) in [6.45, 7) is 5.21. The van der Waals surface area contributed by atoms with Crippen LogP contribution in [0, 0.1) is 0 Å². The van der Waals surface area contributed by atoms with Gasteiger partial charge < -0.3 is 9.84 Å². The molecule has 2 heterocycles. The van der Waals surface area contributed by atoms with Crippen molar-refractivity contribution < 1.29 is 19.4 Å². The first kappa shape index (κ1) is 16.8. The van der Waals surface area contributed by atoms with Gasteiger partial charge in [0.1, 0.15) is 22.9 Å². The average molecular weight is 339 g/mol. The third kappa shape index (κ3) is 4.43. The summed E-state index contributed by atoms with van der Waals surface area (Å²) in [5, 5.41) is 11.7. The fraction of sp³-hybridized carbons (Fsp3) is 0.286. The zero-order chi connectivity index (χ0) is 17.2. The molecule has 0 aromatic carbocycles. The molecule has 23 heavy (non-hydrogen) atoms. The van der Waals surface area contributed by atoms with Crippen LogP contribution < -0.4 is 5.32 Å². The highest BCUT2D eigenvalue weighted by Crippen LogP contribution is 2.20. The first-order valence-electron chi connectivity index (χ1n) is 6.59. The van der Waals surface area contributed by atoms with Crippen molar-refractivity contribution in [1.82, 2.24) is 14.5 Å². The molecule has 0 saturated carbocycles. The molecule has 0 fully saturated rings. The molecule has 0 aliphatic carbocycles. The number of imidazole rings is 1. The number of amides is 1. The van der Waals surface area contributed by atoms with Crippen molar-refractivity contribution in [2.24, 2.45) is 0 Å². The molecule has 0 spiro atoms. The van der Waals surface area contributed by atoms with Gasteiger partial charge in [0.25, 0.3) is 0 Å². The number of halogens is 1. The predicted molar refractivity (Wildman–Crippen MR) is 83.2 cm³/mol. The van der Waals surface area contributed by atoms with E-state index in [1.165, 1.54) is 29.2 Å². The van der Waals surface area contributed by atoms with E-state index in [2.05, 4.69) is 15.3 Å². The van der Waals surface area contributed by atoms with E-state index >= 15 is 0 Å². The van der Waals surface area contributed by atoms with Crippen LogP contribution in [0.5, 0.6) is 0 Å². The summed E-state index contributed by atoms with van der Waals surface area (Å²) in [6.07, 6.45) is 1.82. The molecule has 2 aromatic heterocycles. The first-order valence-corrected chi connectivity index (χ1v) is 6.97. The van der Waals surface area contributed by atoms with E-state index in [1.807, 2.05) is 0 Å². The Kier molecular flexibility index (Phi) is 4.55. The second kappa shape index (κ2) is 6.25. The lowest BCUT2D eigenvalue weighted by molar-refractivity contribution is 0.0633. The average Bonchev–Trinajstić information content (AvgIpc) is 2.84. The number of nitrogens with zero attached hydrogens (tertiary/aromatic N) is 3. The largest absolute Gasteiger partial charge is 0.477 e. The lowest BCUT2D eigenvalue weighted by Gasteiger charge is -2.19. The molecular weight excluding hydrogens is 324 g/mol. The van der Waals surface area contributed by atoms with Crippen molar-refractivity contribution >= 4 is 29.4 Å². The summed E-state index contributed by atoms with van der Waals surface area (Å²) < 4.78 is 6.39. The zero-order valence-electron chi connectivity index (χ0n) is 12.7. The Balaban J connectivity index is 2.31. The van der Waals surface area contributed by atoms with Crippen LogP contribution in [0.25, 0.3) is 5.82 Å². The Morgan fingerprint density at radius 1 is 1.35 bits per heavy atom. The molecule has 0 atom stereocenters. The van der Waals surface area contributed by atoms with Gasteiger partial charge in [0.15, 0.2) is 5.69 Å². The van der Waals surface area contributed by atoms with Gasteiger partial charge in [-0.2, -0.15) is 0 Å². The molecule has 122 valence electrons. The molecule has 0 unspecified atom stereocenters. The van der Waals surface area contributed by atoms with Gasteiger partial charge in [0, 0.05) is 6.07 Å². The van der Waals surface area contributed by atoms with Gasteiger partial charge in [-0.25, -0.2) is 19.6 Å². The van der Waals surface area contributed by atoms with Crippen LogP contribution in [0.2, 0.25) is 5.15 Å². The molecule has 9 heteroatoms. The molecule has 0 bridgehead atoms. The second-order valence-electron chi connectivity index (χ2n) is 5.62. The van der Waals surface area contributed by atoms with Crippen LogP contribution in [0.3, 0.4) is 0 Å². The van der Waals surface area contributed by atoms with E-state index in [0.29, 0.717) is 5.69 Å². The lowest BCUT2D eigenvalue weighted by atomic mass is 10.2. The number of pyridine rings is 1. The van der Waals surface area contributed by atoms with Crippen LogP contribution >= 0.6 is 11.6 Å². The van der Waals surface area contributed by atoms with Crippen molar-refractivity contribution in [3.63, 3.8) is 0 Å². The molecule has 0 radical (unpaired) electrons. The highest BCUT2D eigenvalue weighted by Gasteiger charge is 2.18. The van der Waals surface area contributed by atoms with Gasteiger partial charge in [-0.1, -0.05) is 11.6 Å². The number of aromatic nitrogens is 3. The molecular formula is C14H15ClN4O4. The third-order valence-electron chi connectivity index (χ3n) is 2.53. The summed E-state index contributed by atoms with van der Waals surface area (Å²) in [5.41, 5.74) is -0.410. The Hall–Kier alpha value is -2.61. The smallest absolute Gasteiger partial charge is 0.412 e. The van der Waals surface area contributed by atoms with E-state index in [4.69, 9.17) is 21.4 Å². The minimum absolute atomic E-state index is 0.0806. The summed E-state index contributed by atoms with van der Waals surface area (Å²) in [5.74, 6) is -0.954. The topological polar surface area (TPSA) is 106 Å². The van der Waals surface area contributed by atoms with Gasteiger partial charge in [-0.3, -0.25) is 9.88 Å². The zero-order valence-corrected chi connectivity index (χ0v) is 13.5. The monoisotopic (exact) mass is 338 g/mol. The number of anilines is 1. The lowest BCUT2D eigenvalue weighted by Crippen LogP contribution is -2.27. The molecule has 8 nitrogen and oxygen atoms in total. The van der Waals surface area contributed by atoms with Gasteiger partial charge in [-0.15, -0.1) is 0 Å². The molecule has 1 amide bonds. The van der Waals surface area contributed by atoms with Crippen LogP contribution in [0.15, 0.2) is 24.7 Å². The molecule has 0 saturated heterocycles. The number of carboxylic acid groups (broad SMARTS) is 1. The Labute approximate surface area is 137 Å². The van der Waals surface area contributed by atoms with Crippen molar-refractivity contribution in [1.29, 1.82) is 0 Å². The molecule has 0 aliphatic rings. The Bertz CT molecular complexity index is 751. The van der Waals surface area contributed by atoms with Gasteiger partial charge in [-0.05, 0) is 26.8 Å². The van der Waals surface area contributed by atoms with Crippen LogP contribution in [0.4, 0.5) is 10.5 Å². The van der Waals surface area contributed by atoms with E-state index in [0.717, 1.165) is 0 Å². The van der Waals surface area contributed by atoms with Crippen LogP contribution in [-0.4, -0.2) is 37.3 Å². The number of hydrogen-bond donors (Lipinski definition) is 2. The summed E-state index contributed by atoms with van der Waals surface area (Å²) in [7, 11) is 0. The van der Waals surface area contributed by atoms with Gasteiger partial charge in [0.2, 0.25) is 0 Å². The fourth-order valence-corrected chi connectivity index (χ4v) is 1.94. The molecule has 0 aliphatic heterocycles. The van der Waals surface area contributed by atoms with Gasteiger partial charge >= 0.3 is 12.1 Å². The van der Waals surface area contributed by atoms with Crippen LogP contribution in [-0.2, 0) is 4.74 Å². The summed E-state index contributed by atoms with van der Waals surface area (Å²) in [4.78, 5) is 30.8. The molecule has 2 rings (SSSR count). The van der Waals surface area contributed by atoms with E-state index in [9.17, 15) is 9.59 Å². The number of carbonyl (C=O) groups is 2. The minimum atomic E-state index is -1.16. The maximum atomic E-state index is 11.8. The highest BCUT2D eigenvalue weighted by molar-refractivity contribution is 6.29. The number of rotatable bonds is 3.